The van der Waals surface area contributed by atoms with Gasteiger partial charge in [-0.2, -0.15) is 5.26 Å². The zero-order chi connectivity index (χ0) is 20.7. The quantitative estimate of drug-likeness (QED) is 0.699. The van der Waals surface area contributed by atoms with Crippen LogP contribution in [-0.2, 0) is 0 Å². The number of ether oxygens (including phenoxy) is 1. The van der Waals surface area contributed by atoms with Crippen LogP contribution < -0.4 is 20.7 Å². The highest BCUT2D eigenvalue weighted by atomic mass is 35.5. The summed E-state index contributed by atoms with van der Waals surface area (Å²) in [5.41, 5.74) is 10.5. The number of hydrogen-bond acceptors (Lipinski definition) is 6. The van der Waals surface area contributed by atoms with Gasteiger partial charge in [0.15, 0.2) is 0 Å². The van der Waals surface area contributed by atoms with Gasteiger partial charge in [-0.15, -0.1) is 0 Å². The number of nitriles is 1. The second kappa shape index (κ2) is 7.62. The lowest BCUT2D eigenvalue weighted by atomic mass is 9.86. The molecule has 7 nitrogen and oxygen atoms in total. The molecule has 3 heterocycles. The SMILES string of the molecule is CCOc1c(C(C)N2CN=C(N)c3c(C)c[nH]c32)cc(Cl)c(C#N)c1C1CNC1. The van der Waals surface area contributed by atoms with Gasteiger partial charge < -0.3 is 25.7 Å². The summed E-state index contributed by atoms with van der Waals surface area (Å²) in [4.78, 5) is 10.0. The molecule has 4 rings (SSSR count). The lowest BCUT2D eigenvalue weighted by Crippen LogP contribution is -2.41. The van der Waals surface area contributed by atoms with Crippen molar-refractivity contribution in [3.8, 4) is 11.8 Å². The largest absolute Gasteiger partial charge is 0.493 e. The fourth-order valence-corrected chi connectivity index (χ4v) is 4.39. The number of nitrogens with one attached hydrogen (secondary N) is 2. The second-order valence-electron chi connectivity index (χ2n) is 7.49. The summed E-state index contributed by atoms with van der Waals surface area (Å²) in [5, 5.41) is 13.5. The molecule has 0 saturated carbocycles. The molecule has 29 heavy (non-hydrogen) atoms. The Morgan fingerprint density at radius 1 is 1.48 bits per heavy atom. The molecule has 1 aromatic heterocycles. The van der Waals surface area contributed by atoms with E-state index in [-0.39, 0.29) is 12.0 Å². The Labute approximate surface area is 175 Å². The number of benzene rings is 1. The first kappa shape index (κ1) is 19.6. The standard InChI is InChI=1S/C21H25ClN6O/c1-4-29-19-14(5-16(22)15(6-23)18(19)13-8-25-9-13)12(3)28-10-27-20(24)17-11(2)7-26-21(17)28/h5,7,12-13,25-26H,4,8-10H2,1-3H3,(H2,24,27). The number of aryl methyl sites for hydroxylation is 1. The Balaban J connectivity index is 1.84. The van der Waals surface area contributed by atoms with E-state index >= 15 is 0 Å². The molecule has 2 aromatic rings. The van der Waals surface area contributed by atoms with Crippen LogP contribution in [-0.4, -0.2) is 37.2 Å². The second-order valence-corrected chi connectivity index (χ2v) is 7.90. The number of aromatic amines is 1. The van der Waals surface area contributed by atoms with Gasteiger partial charge in [0, 0.05) is 36.3 Å². The van der Waals surface area contributed by atoms with Crippen molar-refractivity contribution in [3.63, 3.8) is 0 Å². The lowest BCUT2D eigenvalue weighted by molar-refractivity contribution is 0.321. The van der Waals surface area contributed by atoms with Crippen molar-refractivity contribution < 1.29 is 4.74 Å². The Bertz CT molecular complexity index is 1020. The number of halogens is 1. The monoisotopic (exact) mass is 412 g/mol. The van der Waals surface area contributed by atoms with E-state index in [1.54, 1.807) is 0 Å². The molecular weight excluding hydrogens is 388 g/mol. The molecular formula is C21H25ClN6O. The molecule has 1 aromatic carbocycles. The number of H-pyrrole nitrogens is 1. The molecule has 2 aliphatic rings. The van der Waals surface area contributed by atoms with Crippen LogP contribution in [0.5, 0.6) is 5.75 Å². The van der Waals surface area contributed by atoms with Crippen LogP contribution in [0.1, 0.15) is 53.6 Å². The van der Waals surface area contributed by atoms with Crippen LogP contribution in [0.3, 0.4) is 0 Å². The van der Waals surface area contributed by atoms with Crippen LogP contribution in [0.15, 0.2) is 17.3 Å². The summed E-state index contributed by atoms with van der Waals surface area (Å²) < 4.78 is 6.11. The fourth-order valence-electron chi connectivity index (χ4n) is 4.13. The topological polar surface area (TPSA) is 102 Å². The van der Waals surface area contributed by atoms with Crippen molar-refractivity contribution in [3.05, 3.63) is 45.1 Å². The highest BCUT2D eigenvalue weighted by Crippen LogP contribution is 2.44. The molecule has 8 heteroatoms. The van der Waals surface area contributed by atoms with Crippen LogP contribution in [0.4, 0.5) is 5.82 Å². The van der Waals surface area contributed by atoms with Crippen LogP contribution in [0.2, 0.25) is 5.02 Å². The van der Waals surface area contributed by atoms with E-state index in [1.165, 1.54) is 0 Å². The maximum Gasteiger partial charge on any atom is 0.131 e. The average molecular weight is 413 g/mol. The summed E-state index contributed by atoms with van der Waals surface area (Å²) >= 11 is 6.57. The number of anilines is 1. The molecule has 1 unspecified atom stereocenters. The van der Waals surface area contributed by atoms with E-state index in [0.29, 0.717) is 29.7 Å². The van der Waals surface area contributed by atoms with E-state index in [1.807, 2.05) is 26.1 Å². The first-order valence-electron chi connectivity index (χ1n) is 9.82. The third-order valence-corrected chi connectivity index (χ3v) is 6.10. The molecule has 1 atom stereocenters. The number of fused-ring (bicyclic) bond motifs is 1. The Hall–Kier alpha value is -2.69. The van der Waals surface area contributed by atoms with E-state index in [9.17, 15) is 5.26 Å². The average Bonchev–Trinajstić information content (AvgIpc) is 3.05. The molecule has 152 valence electrons. The summed E-state index contributed by atoms with van der Waals surface area (Å²) in [6, 6.07) is 4.07. The third-order valence-electron chi connectivity index (χ3n) is 5.80. The molecule has 4 N–H and O–H groups in total. The molecule has 1 fully saturated rings. The van der Waals surface area contributed by atoms with Crippen LogP contribution >= 0.6 is 11.6 Å². The highest BCUT2D eigenvalue weighted by Gasteiger charge is 2.33. The molecule has 0 radical (unpaired) electrons. The van der Waals surface area contributed by atoms with Crippen molar-refractivity contribution in [1.82, 2.24) is 10.3 Å². The minimum absolute atomic E-state index is 0.0813. The molecule has 0 aliphatic carbocycles. The van der Waals surface area contributed by atoms with Gasteiger partial charge in [0.25, 0.3) is 0 Å². The Morgan fingerprint density at radius 2 is 2.24 bits per heavy atom. The molecule has 0 amide bonds. The van der Waals surface area contributed by atoms with E-state index < -0.39 is 0 Å². The minimum atomic E-state index is -0.0813. The first-order valence-corrected chi connectivity index (χ1v) is 10.2. The predicted octanol–water partition coefficient (Wildman–Crippen LogP) is 3.18. The van der Waals surface area contributed by atoms with Gasteiger partial charge in [-0.05, 0) is 32.4 Å². The van der Waals surface area contributed by atoms with Gasteiger partial charge in [0.2, 0.25) is 0 Å². The summed E-state index contributed by atoms with van der Waals surface area (Å²) in [7, 11) is 0. The number of nitrogens with zero attached hydrogens (tertiary/aromatic N) is 3. The van der Waals surface area contributed by atoms with Gasteiger partial charge in [-0.25, -0.2) is 4.99 Å². The maximum atomic E-state index is 9.74. The smallest absolute Gasteiger partial charge is 0.131 e. The predicted molar refractivity (Wildman–Crippen MR) is 115 cm³/mol. The van der Waals surface area contributed by atoms with E-state index in [2.05, 4.69) is 33.2 Å². The van der Waals surface area contributed by atoms with E-state index in [0.717, 1.165) is 46.9 Å². The van der Waals surface area contributed by atoms with Crippen molar-refractivity contribution in [1.29, 1.82) is 5.26 Å². The number of aliphatic imine (C=N–C) groups is 1. The van der Waals surface area contributed by atoms with Crippen molar-refractivity contribution >= 4 is 23.3 Å². The molecule has 2 aliphatic heterocycles. The fraction of sp³-hybridized carbons (Fsp3) is 0.429. The van der Waals surface area contributed by atoms with Gasteiger partial charge in [-0.1, -0.05) is 11.6 Å². The van der Waals surface area contributed by atoms with Crippen molar-refractivity contribution in [2.45, 2.75) is 32.7 Å². The number of hydrogen-bond donors (Lipinski definition) is 3. The molecule has 1 saturated heterocycles. The van der Waals surface area contributed by atoms with Crippen LogP contribution in [0.25, 0.3) is 0 Å². The van der Waals surface area contributed by atoms with Gasteiger partial charge >= 0.3 is 0 Å². The zero-order valence-corrected chi connectivity index (χ0v) is 17.6. The first-order chi connectivity index (χ1) is 14.0. The number of aromatic nitrogens is 1. The van der Waals surface area contributed by atoms with Gasteiger partial charge in [-0.3, -0.25) is 0 Å². The van der Waals surface area contributed by atoms with Crippen molar-refractivity contribution in [2.24, 2.45) is 10.7 Å². The number of amidine groups is 1. The van der Waals surface area contributed by atoms with Gasteiger partial charge in [0.05, 0.1) is 28.8 Å². The Morgan fingerprint density at radius 3 is 2.86 bits per heavy atom. The number of rotatable bonds is 5. The lowest BCUT2D eigenvalue weighted by Gasteiger charge is -2.36. The Kier molecular flexibility index (Phi) is 5.15. The normalized spacial score (nSPS) is 17.2. The minimum Gasteiger partial charge on any atom is -0.493 e. The third kappa shape index (κ3) is 3.13. The van der Waals surface area contributed by atoms with E-state index in [4.69, 9.17) is 22.1 Å². The highest BCUT2D eigenvalue weighted by molar-refractivity contribution is 6.32. The van der Waals surface area contributed by atoms with Crippen molar-refractivity contribution in [2.75, 3.05) is 31.3 Å². The molecule has 0 bridgehead atoms. The summed E-state index contributed by atoms with van der Waals surface area (Å²) in [6.45, 7) is 8.63. The summed E-state index contributed by atoms with van der Waals surface area (Å²) in [5.74, 6) is 2.47. The zero-order valence-electron chi connectivity index (χ0n) is 16.8. The van der Waals surface area contributed by atoms with Gasteiger partial charge in [0.1, 0.15) is 30.1 Å². The maximum absolute atomic E-state index is 9.74. The number of nitrogens with two attached hydrogens (primary N) is 1. The summed E-state index contributed by atoms with van der Waals surface area (Å²) in [6.07, 6.45) is 1.94. The van der Waals surface area contributed by atoms with Crippen LogP contribution in [0, 0.1) is 18.3 Å². The molecule has 0 spiro atoms.